The first kappa shape index (κ1) is 20.9. The van der Waals surface area contributed by atoms with Gasteiger partial charge in [-0.1, -0.05) is 51.9 Å². The molecule has 3 nitrogen and oxygen atoms in total. The van der Waals surface area contributed by atoms with Crippen molar-refractivity contribution >= 4 is 18.1 Å². The van der Waals surface area contributed by atoms with E-state index in [2.05, 4.69) is 6.92 Å². The minimum atomic E-state index is 0. The van der Waals surface area contributed by atoms with Gasteiger partial charge in [0.05, 0.1) is 13.2 Å². The fraction of sp³-hybridized carbons (Fsp3) is 0.667. The minimum Gasteiger partial charge on any atom is -0.490 e. The van der Waals surface area contributed by atoms with E-state index in [9.17, 15) is 0 Å². The van der Waals surface area contributed by atoms with E-state index in [1.54, 1.807) is 0 Å². The fourth-order valence-electron chi connectivity index (χ4n) is 2.33. The third-order valence-corrected chi connectivity index (χ3v) is 3.52. The summed E-state index contributed by atoms with van der Waals surface area (Å²) in [5, 5.41) is 0. The van der Waals surface area contributed by atoms with Gasteiger partial charge in [0, 0.05) is 11.8 Å². The van der Waals surface area contributed by atoms with Gasteiger partial charge in [-0.3, -0.25) is 0 Å². The maximum absolute atomic E-state index is 5.81. The van der Waals surface area contributed by atoms with Crippen LogP contribution in [0.2, 0.25) is 0 Å². The number of rotatable bonds is 12. The zero-order valence-corrected chi connectivity index (χ0v) is 14.9. The molecular weight excluding hydrogens is 298 g/mol. The SMILES string of the molecule is CCCCCCCCCCOc1ccc(N)cc1OCC.Cl. The van der Waals surface area contributed by atoms with Crippen LogP contribution >= 0.6 is 12.4 Å². The summed E-state index contributed by atoms with van der Waals surface area (Å²) >= 11 is 0. The molecule has 0 saturated carbocycles. The first-order valence-electron chi connectivity index (χ1n) is 8.43. The Morgan fingerprint density at radius 1 is 0.818 bits per heavy atom. The van der Waals surface area contributed by atoms with Crippen molar-refractivity contribution in [2.75, 3.05) is 18.9 Å². The Labute approximate surface area is 142 Å². The maximum atomic E-state index is 5.81. The molecule has 0 heterocycles. The molecule has 0 amide bonds. The summed E-state index contributed by atoms with van der Waals surface area (Å²) in [7, 11) is 0. The number of halogens is 1. The molecular formula is C18H32ClNO2. The molecule has 1 rings (SSSR count). The topological polar surface area (TPSA) is 44.5 Å². The Balaban J connectivity index is 0.00000441. The third kappa shape index (κ3) is 9.04. The number of anilines is 1. The Bertz CT molecular complexity index is 385. The van der Waals surface area contributed by atoms with Gasteiger partial charge in [-0.05, 0) is 25.5 Å². The van der Waals surface area contributed by atoms with Crippen LogP contribution < -0.4 is 15.2 Å². The molecule has 0 aliphatic carbocycles. The van der Waals surface area contributed by atoms with Crippen molar-refractivity contribution in [1.29, 1.82) is 0 Å². The lowest BCUT2D eigenvalue weighted by Crippen LogP contribution is -2.01. The zero-order valence-electron chi connectivity index (χ0n) is 14.1. The van der Waals surface area contributed by atoms with E-state index in [1.807, 2.05) is 25.1 Å². The molecule has 128 valence electrons. The largest absolute Gasteiger partial charge is 0.490 e. The fourth-order valence-corrected chi connectivity index (χ4v) is 2.33. The average molecular weight is 330 g/mol. The van der Waals surface area contributed by atoms with Gasteiger partial charge in [-0.25, -0.2) is 0 Å². The predicted octanol–water partition coefficient (Wildman–Crippen LogP) is 5.61. The summed E-state index contributed by atoms with van der Waals surface area (Å²) in [5.74, 6) is 1.55. The highest BCUT2D eigenvalue weighted by Gasteiger charge is 2.05. The van der Waals surface area contributed by atoms with Crippen LogP contribution in [0.3, 0.4) is 0 Å². The second-order valence-electron chi connectivity index (χ2n) is 5.46. The summed E-state index contributed by atoms with van der Waals surface area (Å²) < 4.78 is 11.4. The summed E-state index contributed by atoms with van der Waals surface area (Å²) in [6.07, 6.45) is 10.5. The van der Waals surface area contributed by atoms with Crippen molar-refractivity contribution in [3.8, 4) is 11.5 Å². The second-order valence-corrected chi connectivity index (χ2v) is 5.46. The summed E-state index contributed by atoms with van der Waals surface area (Å²) in [6.45, 7) is 5.59. The molecule has 0 aliphatic rings. The molecule has 0 bridgehead atoms. The Hall–Kier alpha value is -1.09. The molecule has 0 aliphatic heterocycles. The van der Waals surface area contributed by atoms with Gasteiger partial charge in [0.15, 0.2) is 11.5 Å². The first-order chi connectivity index (χ1) is 10.3. The number of unbranched alkanes of at least 4 members (excludes halogenated alkanes) is 7. The smallest absolute Gasteiger partial charge is 0.163 e. The van der Waals surface area contributed by atoms with Crippen LogP contribution in [0.1, 0.15) is 65.2 Å². The van der Waals surface area contributed by atoms with Crippen molar-refractivity contribution in [2.45, 2.75) is 65.2 Å². The molecule has 2 N–H and O–H groups in total. The molecule has 0 radical (unpaired) electrons. The summed E-state index contributed by atoms with van der Waals surface area (Å²) in [6, 6.07) is 5.57. The molecule has 1 aromatic rings. The lowest BCUT2D eigenvalue weighted by Gasteiger charge is -2.12. The van der Waals surface area contributed by atoms with Gasteiger partial charge < -0.3 is 15.2 Å². The van der Waals surface area contributed by atoms with Crippen LogP contribution in [-0.2, 0) is 0 Å². The molecule has 0 aromatic heterocycles. The highest BCUT2D eigenvalue weighted by Crippen LogP contribution is 2.29. The summed E-state index contributed by atoms with van der Waals surface area (Å²) in [4.78, 5) is 0. The van der Waals surface area contributed by atoms with E-state index in [1.165, 1.54) is 44.9 Å². The summed E-state index contributed by atoms with van der Waals surface area (Å²) in [5.41, 5.74) is 6.47. The van der Waals surface area contributed by atoms with E-state index in [0.717, 1.165) is 24.5 Å². The maximum Gasteiger partial charge on any atom is 0.163 e. The van der Waals surface area contributed by atoms with Crippen LogP contribution in [0.5, 0.6) is 11.5 Å². The van der Waals surface area contributed by atoms with Crippen molar-refractivity contribution in [3.63, 3.8) is 0 Å². The standard InChI is InChI=1S/C18H31NO2.ClH/c1-3-5-6-7-8-9-10-11-14-21-17-13-12-16(19)15-18(17)20-4-2;/h12-13,15H,3-11,14,19H2,1-2H3;1H. The number of hydrogen-bond acceptors (Lipinski definition) is 3. The van der Waals surface area contributed by atoms with E-state index >= 15 is 0 Å². The number of nitrogen functional groups attached to an aromatic ring is 1. The molecule has 0 fully saturated rings. The van der Waals surface area contributed by atoms with Gasteiger partial charge in [0.1, 0.15) is 0 Å². The molecule has 0 atom stereocenters. The monoisotopic (exact) mass is 329 g/mol. The predicted molar refractivity (Wildman–Crippen MR) is 97.4 cm³/mol. The number of nitrogens with two attached hydrogens (primary N) is 1. The van der Waals surface area contributed by atoms with Crippen LogP contribution in [0.15, 0.2) is 18.2 Å². The lowest BCUT2D eigenvalue weighted by atomic mass is 10.1. The van der Waals surface area contributed by atoms with E-state index in [-0.39, 0.29) is 12.4 Å². The van der Waals surface area contributed by atoms with Crippen molar-refractivity contribution in [2.24, 2.45) is 0 Å². The average Bonchev–Trinajstić information content (AvgIpc) is 2.48. The van der Waals surface area contributed by atoms with E-state index < -0.39 is 0 Å². The molecule has 0 unspecified atom stereocenters. The second kappa shape index (κ2) is 13.6. The van der Waals surface area contributed by atoms with Crippen molar-refractivity contribution in [1.82, 2.24) is 0 Å². The molecule has 0 spiro atoms. The van der Waals surface area contributed by atoms with E-state index in [4.69, 9.17) is 15.2 Å². The zero-order chi connectivity index (χ0) is 15.3. The van der Waals surface area contributed by atoms with Gasteiger partial charge in [-0.15, -0.1) is 12.4 Å². The normalized spacial score (nSPS) is 10.1. The Morgan fingerprint density at radius 3 is 2.09 bits per heavy atom. The van der Waals surface area contributed by atoms with Crippen molar-refractivity contribution < 1.29 is 9.47 Å². The number of benzene rings is 1. The molecule has 4 heteroatoms. The Kier molecular flexibility index (Phi) is 12.9. The lowest BCUT2D eigenvalue weighted by molar-refractivity contribution is 0.270. The minimum absolute atomic E-state index is 0. The van der Waals surface area contributed by atoms with Crippen molar-refractivity contribution in [3.05, 3.63) is 18.2 Å². The number of hydrogen-bond donors (Lipinski definition) is 1. The van der Waals surface area contributed by atoms with Crippen LogP contribution in [0.25, 0.3) is 0 Å². The first-order valence-corrected chi connectivity index (χ1v) is 8.43. The highest BCUT2D eigenvalue weighted by atomic mass is 35.5. The quantitative estimate of drug-likeness (QED) is 0.400. The van der Waals surface area contributed by atoms with Gasteiger partial charge in [0.25, 0.3) is 0 Å². The highest BCUT2D eigenvalue weighted by molar-refractivity contribution is 5.85. The van der Waals surface area contributed by atoms with Gasteiger partial charge >= 0.3 is 0 Å². The van der Waals surface area contributed by atoms with Crippen LogP contribution in [0, 0.1) is 0 Å². The van der Waals surface area contributed by atoms with Crippen LogP contribution in [-0.4, -0.2) is 13.2 Å². The van der Waals surface area contributed by atoms with Crippen LogP contribution in [0.4, 0.5) is 5.69 Å². The Morgan fingerprint density at radius 2 is 1.45 bits per heavy atom. The molecule has 1 aromatic carbocycles. The third-order valence-electron chi connectivity index (χ3n) is 3.52. The van der Waals surface area contributed by atoms with E-state index in [0.29, 0.717) is 12.3 Å². The molecule has 22 heavy (non-hydrogen) atoms. The van der Waals surface area contributed by atoms with Gasteiger partial charge in [0.2, 0.25) is 0 Å². The van der Waals surface area contributed by atoms with Gasteiger partial charge in [-0.2, -0.15) is 0 Å². The number of ether oxygens (including phenoxy) is 2. The molecule has 0 saturated heterocycles.